The van der Waals surface area contributed by atoms with Crippen molar-refractivity contribution < 1.29 is 4.74 Å². The number of nitrogens with zero attached hydrogens (tertiary/aromatic N) is 2. The van der Waals surface area contributed by atoms with Gasteiger partial charge in [0.15, 0.2) is 0 Å². The molecule has 0 saturated heterocycles. The van der Waals surface area contributed by atoms with E-state index in [0.29, 0.717) is 21.5 Å². The first-order valence-electron chi connectivity index (χ1n) is 9.23. The Morgan fingerprint density at radius 2 is 1.55 bits per heavy atom. The van der Waals surface area contributed by atoms with Crippen LogP contribution in [-0.2, 0) is 6.54 Å². The normalized spacial score (nSPS) is 10.6. The number of benzene rings is 3. The van der Waals surface area contributed by atoms with Crippen molar-refractivity contribution in [2.45, 2.75) is 6.54 Å². The Morgan fingerprint density at radius 1 is 0.903 bits per heavy atom. The van der Waals surface area contributed by atoms with Crippen LogP contribution < -0.4 is 21.3 Å². The highest BCUT2D eigenvalue weighted by molar-refractivity contribution is 6.35. The fraction of sp³-hybridized carbons (Fsp3) is 0.0455. The van der Waals surface area contributed by atoms with Gasteiger partial charge in [-0.05, 0) is 48.0 Å². The number of H-pyrrole nitrogens is 1. The Balaban J connectivity index is 1.53. The summed E-state index contributed by atoms with van der Waals surface area (Å²) in [6, 6.07) is 21.4. The largest absolute Gasteiger partial charge is 0.457 e. The molecule has 0 saturated carbocycles. The van der Waals surface area contributed by atoms with E-state index in [2.05, 4.69) is 15.4 Å². The van der Waals surface area contributed by atoms with E-state index < -0.39 is 11.2 Å². The minimum atomic E-state index is -0.649. The summed E-state index contributed by atoms with van der Waals surface area (Å²) in [5.74, 6) is 1.34. The molecule has 156 valence electrons. The maximum absolute atomic E-state index is 12.2. The molecule has 0 aliphatic heterocycles. The Labute approximate surface area is 186 Å². The van der Waals surface area contributed by atoms with Crippen molar-refractivity contribution in [3.63, 3.8) is 0 Å². The van der Waals surface area contributed by atoms with Crippen molar-refractivity contribution in [2.75, 3.05) is 5.32 Å². The van der Waals surface area contributed by atoms with Gasteiger partial charge in [-0.15, -0.1) is 5.10 Å². The van der Waals surface area contributed by atoms with Crippen molar-refractivity contribution in [1.82, 2.24) is 14.8 Å². The molecule has 0 aliphatic rings. The number of hydrogen-bond donors (Lipinski definition) is 2. The lowest BCUT2D eigenvalue weighted by molar-refractivity contribution is 0.482. The average Bonchev–Trinajstić information content (AvgIpc) is 2.73. The van der Waals surface area contributed by atoms with E-state index in [4.69, 9.17) is 27.9 Å². The summed E-state index contributed by atoms with van der Waals surface area (Å²) >= 11 is 12.0. The van der Waals surface area contributed by atoms with E-state index >= 15 is 0 Å². The molecule has 2 N–H and O–H groups in total. The van der Waals surface area contributed by atoms with E-state index in [1.54, 1.807) is 30.3 Å². The fourth-order valence-corrected chi connectivity index (χ4v) is 3.37. The molecule has 9 heteroatoms. The van der Waals surface area contributed by atoms with Gasteiger partial charge in [0.1, 0.15) is 11.5 Å². The van der Waals surface area contributed by atoms with Crippen molar-refractivity contribution in [2.24, 2.45) is 0 Å². The number of nitrogens with one attached hydrogen (secondary N) is 2. The van der Waals surface area contributed by atoms with Crippen molar-refractivity contribution in [3.8, 4) is 11.5 Å². The monoisotopic (exact) mass is 454 g/mol. The van der Waals surface area contributed by atoms with Gasteiger partial charge in [-0.1, -0.05) is 53.5 Å². The maximum atomic E-state index is 12.2. The lowest BCUT2D eigenvalue weighted by Gasteiger charge is -2.10. The SMILES string of the molecule is O=c1[nH]c(=O)n(Cc2ccc(Oc3ccccc3)cc2)nc1Nc1cc(Cl)cc(Cl)c1. The summed E-state index contributed by atoms with van der Waals surface area (Å²) in [5.41, 5.74) is 0.00942. The molecule has 7 nitrogen and oxygen atoms in total. The van der Waals surface area contributed by atoms with Crippen LogP contribution in [0.4, 0.5) is 11.5 Å². The Kier molecular flexibility index (Phi) is 6.06. The van der Waals surface area contributed by atoms with Crippen LogP contribution >= 0.6 is 23.2 Å². The van der Waals surface area contributed by atoms with Crippen LogP contribution in [0.5, 0.6) is 11.5 Å². The van der Waals surface area contributed by atoms with Crippen molar-refractivity contribution in [3.05, 3.63) is 109 Å². The average molecular weight is 455 g/mol. The number of ether oxygens (including phenoxy) is 1. The summed E-state index contributed by atoms with van der Waals surface area (Å²) in [4.78, 5) is 26.6. The smallest absolute Gasteiger partial charge is 0.345 e. The van der Waals surface area contributed by atoms with Crippen LogP contribution in [0.25, 0.3) is 0 Å². The standard InChI is InChI=1S/C22H16Cl2N4O3/c23-15-10-16(24)12-17(11-15)25-20-21(29)26-22(30)28(27-20)13-14-6-8-19(9-7-14)31-18-4-2-1-3-5-18/h1-12H,13H2,(H,25,27)(H,26,29,30). The zero-order chi connectivity index (χ0) is 21.8. The maximum Gasteiger partial charge on any atom is 0.345 e. The zero-order valence-corrected chi connectivity index (χ0v) is 17.5. The van der Waals surface area contributed by atoms with E-state index in [1.807, 2.05) is 42.5 Å². The van der Waals surface area contributed by atoms with Gasteiger partial charge in [0.25, 0.3) is 5.56 Å². The zero-order valence-electron chi connectivity index (χ0n) is 16.0. The highest BCUT2D eigenvalue weighted by Gasteiger charge is 2.09. The molecule has 1 aromatic heterocycles. The second-order valence-corrected chi connectivity index (χ2v) is 7.48. The van der Waals surface area contributed by atoms with Gasteiger partial charge in [-0.2, -0.15) is 0 Å². The molecule has 0 fully saturated rings. The van der Waals surface area contributed by atoms with Crippen LogP contribution in [0.2, 0.25) is 10.0 Å². The predicted molar refractivity (Wildman–Crippen MR) is 121 cm³/mol. The quantitative estimate of drug-likeness (QED) is 0.435. The van der Waals surface area contributed by atoms with Crippen LogP contribution in [0.1, 0.15) is 5.56 Å². The molecule has 4 aromatic rings. The Bertz CT molecular complexity index is 1300. The van der Waals surface area contributed by atoms with Crippen LogP contribution in [0, 0.1) is 0 Å². The minimum absolute atomic E-state index is 0.0537. The molecule has 1 heterocycles. The van der Waals surface area contributed by atoms with Gasteiger partial charge < -0.3 is 10.1 Å². The molecule has 0 spiro atoms. The molecular formula is C22H16Cl2N4O3. The van der Waals surface area contributed by atoms with Crippen LogP contribution in [0.15, 0.2) is 82.4 Å². The van der Waals surface area contributed by atoms with E-state index in [0.717, 1.165) is 16.0 Å². The van der Waals surface area contributed by atoms with Gasteiger partial charge in [0.2, 0.25) is 5.82 Å². The van der Waals surface area contributed by atoms with Crippen LogP contribution in [-0.4, -0.2) is 14.8 Å². The summed E-state index contributed by atoms with van der Waals surface area (Å²) in [7, 11) is 0. The number of para-hydroxylation sites is 1. The van der Waals surface area contributed by atoms with Gasteiger partial charge in [0.05, 0.1) is 6.54 Å². The van der Waals surface area contributed by atoms with Gasteiger partial charge in [-0.25, -0.2) is 9.48 Å². The number of anilines is 2. The number of hydrogen-bond acceptors (Lipinski definition) is 5. The lowest BCUT2D eigenvalue weighted by atomic mass is 10.2. The molecule has 0 atom stereocenters. The van der Waals surface area contributed by atoms with Crippen molar-refractivity contribution in [1.29, 1.82) is 0 Å². The van der Waals surface area contributed by atoms with Crippen molar-refractivity contribution >= 4 is 34.7 Å². The van der Waals surface area contributed by atoms with E-state index in [9.17, 15) is 9.59 Å². The van der Waals surface area contributed by atoms with Gasteiger partial charge >= 0.3 is 5.69 Å². The minimum Gasteiger partial charge on any atom is -0.457 e. The second kappa shape index (κ2) is 9.07. The molecule has 0 bridgehead atoms. The number of aromatic nitrogens is 3. The molecule has 3 aromatic carbocycles. The Hall–Kier alpha value is -3.55. The number of rotatable bonds is 6. The number of halogens is 2. The summed E-state index contributed by atoms with van der Waals surface area (Å²) in [6.07, 6.45) is 0. The highest BCUT2D eigenvalue weighted by atomic mass is 35.5. The molecule has 4 rings (SSSR count). The summed E-state index contributed by atoms with van der Waals surface area (Å²) in [5, 5.41) is 7.79. The second-order valence-electron chi connectivity index (χ2n) is 6.61. The van der Waals surface area contributed by atoms with E-state index in [1.165, 1.54) is 0 Å². The molecule has 31 heavy (non-hydrogen) atoms. The topological polar surface area (TPSA) is 89.0 Å². The van der Waals surface area contributed by atoms with Crippen LogP contribution in [0.3, 0.4) is 0 Å². The number of aromatic amines is 1. The van der Waals surface area contributed by atoms with E-state index in [-0.39, 0.29) is 12.4 Å². The third-order valence-electron chi connectivity index (χ3n) is 4.25. The third kappa shape index (κ3) is 5.33. The molecule has 0 aliphatic carbocycles. The third-order valence-corrected chi connectivity index (χ3v) is 4.69. The predicted octanol–water partition coefficient (Wildman–Crippen LogP) is 4.82. The Morgan fingerprint density at radius 3 is 2.23 bits per heavy atom. The van der Waals surface area contributed by atoms with Gasteiger partial charge in [0, 0.05) is 15.7 Å². The summed E-state index contributed by atoms with van der Waals surface area (Å²) in [6.45, 7) is 0.159. The van der Waals surface area contributed by atoms with Gasteiger partial charge in [-0.3, -0.25) is 9.78 Å². The molecular weight excluding hydrogens is 439 g/mol. The lowest BCUT2D eigenvalue weighted by Crippen LogP contribution is -2.34. The highest BCUT2D eigenvalue weighted by Crippen LogP contribution is 2.24. The first-order chi connectivity index (χ1) is 15.0. The first kappa shape index (κ1) is 20.7. The molecule has 0 radical (unpaired) electrons. The molecule has 0 unspecified atom stereocenters. The molecule has 0 amide bonds. The first-order valence-corrected chi connectivity index (χ1v) is 9.98. The fourth-order valence-electron chi connectivity index (χ4n) is 2.84. The summed E-state index contributed by atoms with van der Waals surface area (Å²) < 4.78 is 6.92.